The molecular weight excluding hydrogens is 306 g/mol. The number of hydrogen-bond acceptors (Lipinski definition) is 4. The zero-order chi connectivity index (χ0) is 17.4. The number of esters is 1. The van der Waals surface area contributed by atoms with Gasteiger partial charge in [0.25, 0.3) is 5.91 Å². The maximum absolute atomic E-state index is 12.5. The van der Waals surface area contributed by atoms with Crippen LogP contribution in [0.1, 0.15) is 42.1 Å². The topological polar surface area (TPSA) is 55.8 Å². The number of benzene rings is 1. The van der Waals surface area contributed by atoms with Crippen LogP contribution in [0.25, 0.3) is 0 Å². The highest BCUT2D eigenvalue weighted by Gasteiger charge is 2.19. The van der Waals surface area contributed by atoms with E-state index in [2.05, 4.69) is 6.58 Å². The lowest BCUT2D eigenvalue weighted by Gasteiger charge is -2.26. The van der Waals surface area contributed by atoms with Gasteiger partial charge >= 0.3 is 5.97 Å². The molecule has 0 saturated carbocycles. The van der Waals surface area contributed by atoms with Crippen molar-refractivity contribution in [3.63, 3.8) is 0 Å². The fraction of sp³-hybridized carbons (Fsp3) is 0.474. The molecule has 0 N–H and O–H groups in total. The number of ether oxygens (including phenoxy) is 2. The van der Waals surface area contributed by atoms with Gasteiger partial charge in [-0.3, -0.25) is 4.79 Å². The fourth-order valence-corrected chi connectivity index (χ4v) is 2.63. The zero-order valence-electron chi connectivity index (χ0n) is 14.2. The summed E-state index contributed by atoms with van der Waals surface area (Å²) in [4.78, 5) is 26.2. The molecule has 1 aromatic rings. The number of rotatable bonds is 7. The highest BCUT2D eigenvalue weighted by Crippen LogP contribution is 2.15. The number of carbonyl (C=O) groups is 2. The molecule has 1 saturated heterocycles. The van der Waals surface area contributed by atoms with E-state index in [1.165, 1.54) is 6.42 Å². The predicted octanol–water partition coefficient (Wildman–Crippen LogP) is 2.95. The fourth-order valence-electron chi connectivity index (χ4n) is 2.63. The summed E-state index contributed by atoms with van der Waals surface area (Å²) in [5.41, 5.74) is 1.43. The van der Waals surface area contributed by atoms with E-state index >= 15 is 0 Å². The lowest BCUT2D eigenvalue weighted by atomic mass is 10.1. The van der Waals surface area contributed by atoms with Gasteiger partial charge in [0.05, 0.1) is 6.61 Å². The van der Waals surface area contributed by atoms with Crippen molar-refractivity contribution in [2.45, 2.75) is 38.9 Å². The van der Waals surface area contributed by atoms with Crippen LogP contribution >= 0.6 is 0 Å². The van der Waals surface area contributed by atoms with Crippen molar-refractivity contribution in [2.24, 2.45) is 0 Å². The zero-order valence-corrected chi connectivity index (χ0v) is 14.2. The van der Waals surface area contributed by atoms with Crippen molar-refractivity contribution in [1.82, 2.24) is 4.90 Å². The second kappa shape index (κ2) is 9.23. The van der Waals surface area contributed by atoms with E-state index in [0.717, 1.165) is 31.5 Å². The molecule has 1 amide bonds. The van der Waals surface area contributed by atoms with Crippen molar-refractivity contribution in [3.8, 4) is 0 Å². The van der Waals surface area contributed by atoms with E-state index in [9.17, 15) is 9.59 Å². The average Bonchev–Trinajstić information content (AvgIpc) is 2.64. The first-order valence-corrected chi connectivity index (χ1v) is 8.39. The Morgan fingerprint density at radius 1 is 1.29 bits per heavy atom. The normalized spacial score (nSPS) is 15.6. The number of nitrogens with zero attached hydrogens (tertiary/aromatic N) is 1. The Labute approximate surface area is 143 Å². The summed E-state index contributed by atoms with van der Waals surface area (Å²) < 4.78 is 10.5. The smallest absolute Gasteiger partial charge is 0.335 e. The van der Waals surface area contributed by atoms with E-state index in [1.807, 2.05) is 17.0 Å². The Balaban J connectivity index is 1.91. The van der Waals surface area contributed by atoms with Crippen molar-refractivity contribution < 1.29 is 19.1 Å². The molecule has 5 nitrogen and oxygen atoms in total. The van der Waals surface area contributed by atoms with Crippen LogP contribution in [-0.2, 0) is 20.9 Å². The second-order valence-corrected chi connectivity index (χ2v) is 5.93. The van der Waals surface area contributed by atoms with Crippen LogP contribution in [0.5, 0.6) is 0 Å². The van der Waals surface area contributed by atoms with Gasteiger partial charge in [0.1, 0.15) is 6.61 Å². The van der Waals surface area contributed by atoms with Gasteiger partial charge in [-0.2, -0.15) is 0 Å². The number of carbonyl (C=O) groups excluding carboxylic acids is 2. The summed E-state index contributed by atoms with van der Waals surface area (Å²) in [5.74, 6) is -0.379. The monoisotopic (exact) mass is 331 g/mol. The average molecular weight is 331 g/mol. The third kappa shape index (κ3) is 5.20. The molecule has 1 aliphatic heterocycles. The van der Waals surface area contributed by atoms with Gasteiger partial charge in [-0.05, 0) is 43.9 Å². The quantitative estimate of drug-likeness (QED) is 0.569. The number of amides is 1. The molecule has 1 unspecified atom stereocenters. The Morgan fingerprint density at radius 3 is 2.75 bits per heavy atom. The SMILES string of the molecule is C=CCOC(C)C(=O)OCc1cccc(C(=O)N2CCCCC2)c1. The summed E-state index contributed by atoms with van der Waals surface area (Å²) in [6, 6.07) is 7.26. The minimum Gasteiger partial charge on any atom is -0.459 e. The van der Waals surface area contributed by atoms with Gasteiger partial charge < -0.3 is 14.4 Å². The molecule has 2 rings (SSSR count). The Bertz CT molecular complexity index is 578. The van der Waals surface area contributed by atoms with Gasteiger partial charge in [-0.1, -0.05) is 18.2 Å². The standard InChI is InChI=1S/C19H25NO4/c1-3-12-23-15(2)19(22)24-14-16-8-7-9-17(13-16)18(21)20-10-5-4-6-11-20/h3,7-9,13,15H,1,4-6,10-12,14H2,2H3. The molecule has 1 atom stereocenters. The van der Waals surface area contributed by atoms with E-state index in [4.69, 9.17) is 9.47 Å². The maximum atomic E-state index is 12.5. The molecule has 0 aliphatic carbocycles. The predicted molar refractivity (Wildman–Crippen MR) is 91.6 cm³/mol. The third-order valence-corrected chi connectivity index (χ3v) is 3.99. The number of piperidine rings is 1. The Morgan fingerprint density at radius 2 is 2.04 bits per heavy atom. The summed E-state index contributed by atoms with van der Waals surface area (Å²) in [7, 11) is 0. The van der Waals surface area contributed by atoms with Crippen LogP contribution in [0.2, 0.25) is 0 Å². The van der Waals surface area contributed by atoms with E-state index in [0.29, 0.717) is 12.2 Å². The lowest BCUT2D eigenvalue weighted by Crippen LogP contribution is -2.35. The van der Waals surface area contributed by atoms with Gasteiger partial charge in [-0.25, -0.2) is 4.79 Å². The molecule has 24 heavy (non-hydrogen) atoms. The van der Waals surface area contributed by atoms with Crippen LogP contribution in [0, 0.1) is 0 Å². The summed E-state index contributed by atoms with van der Waals surface area (Å²) in [5, 5.41) is 0. The summed E-state index contributed by atoms with van der Waals surface area (Å²) in [6.45, 7) is 7.24. The van der Waals surface area contributed by atoms with Crippen molar-refractivity contribution in [3.05, 3.63) is 48.0 Å². The molecule has 1 fully saturated rings. The van der Waals surface area contributed by atoms with E-state index in [1.54, 1.807) is 25.1 Å². The first-order valence-electron chi connectivity index (χ1n) is 8.39. The van der Waals surface area contributed by atoms with Gasteiger partial charge in [-0.15, -0.1) is 6.58 Å². The van der Waals surface area contributed by atoms with E-state index < -0.39 is 12.1 Å². The van der Waals surface area contributed by atoms with Crippen molar-refractivity contribution >= 4 is 11.9 Å². The highest BCUT2D eigenvalue weighted by molar-refractivity contribution is 5.94. The van der Waals surface area contributed by atoms with Gasteiger partial charge in [0.15, 0.2) is 6.10 Å². The minimum absolute atomic E-state index is 0.0468. The molecule has 1 heterocycles. The third-order valence-electron chi connectivity index (χ3n) is 3.99. The van der Waals surface area contributed by atoms with Crippen LogP contribution in [0.15, 0.2) is 36.9 Å². The lowest BCUT2D eigenvalue weighted by molar-refractivity contribution is -0.156. The van der Waals surface area contributed by atoms with Gasteiger partial charge in [0.2, 0.25) is 0 Å². The molecule has 0 radical (unpaired) electrons. The van der Waals surface area contributed by atoms with Crippen LogP contribution in [-0.4, -0.2) is 42.6 Å². The molecule has 1 aliphatic rings. The first kappa shape index (κ1) is 18.2. The second-order valence-electron chi connectivity index (χ2n) is 5.93. The van der Waals surface area contributed by atoms with E-state index in [-0.39, 0.29) is 12.5 Å². The number of hydrogen-bond donors (Lipinski definition) is 0. The first-order chi connectivity index (χ1) is 11.6. The highest BCUT2D eigenvalue weighted by atomic mass is 16.6. The molecule has 0 bridgehead atoms. The molecule has 5 heteroatoms. The molecule has 0 aromatic heterocycles. The van der Waals surface area contributed by atoms with Crippen LogP contribution < -0.4 is 0 Å². The maximum Gasteiger partial charge on any atom is 0.335 e. The summed E-state index contributed by atoms with van der Waals surface area (Å²) in [6.07, 6.45) is 4.25. The van der Waals surface area contributed by atoms with Crippen LogP contribution in [0.3, 0.4) is 0 Å². The molecular formula is C19H25NO4. The Kier molecular flexibility index (Phi) is 7.00. The molecule has 0 spiro atoms. The van der Waals surface area contributed by atoms with Crippen LogP contribution in [0.4, 0.5) is 0 Å². The molecule has 1 aromatic carbocycles. The largest absolute Gasteiger partial charge is 0.459 e. The summed E-state index contributed by atoms with van der Waals surface area (Å²) >= 11 is 0. The van der Waals surface area contributed by atoms with Crippen molar-refractivity contribution in [2.75, 3.05) is 19.7 Å². The van der Waals surface area contributed by atoms with Crippen molar-refractivity contribution in [1.29, 1.82) is 0 Å². The Hall–Kier alpha value is -2.14. The van der Waals surface area contributed by atoms with Gasteiger partial charge in [0, 0.05) is 18.7 Å². The minimum atomic E-state index is -0.638. The number of likely N-dealkylation sites (tertiary alicyclic amines) is 1. The molecule has 130 valence electrons.